The third kappa shape index (κ3) is 3.99. The zero-order chi connectivity index (χ0) is 36.5. The molecule has 0 spiro atoms. The smallest absolute Gasteiger partial charge is 0.172 e. The molecule has 0 saturated heterocycles. The van der Waals surface area contributed by atoms with E-state index in [-0.39, 0.29) is 0 Å². The van der Waals surface area contributed by atoms with Crippen molar-refractivity contribution >= 4 is 85.0 Å². The van der Waals surface area contributed by atoms with Crippen molar-refractivity contribution < 1.29 is 13.9 Å². The predicted molar refractivity (Wildman–Crippen MR) is 227 cm³/mol. The molecule has 0 radical (unpaired) electrons. The van der Waals surface area contributed by atoms with Gasteiger partial charge in [0.05, 0.1) is 22.4 Å². The van der Waals surface area contributed by atoms with Crippen molar-refractivity contribution in [3.8, 4) is 28.3 Å². The second-order valence-corrected chi connectivity index (χ2v) is 19.7. The van der Waals surface area contributed by atoms with E-state index >= 15 is 9.13 Å². The maximum Gasteiger partial charge on any atom is 0.172 e. The molecule has 9 aromatic rings. The second kappa shape index (κ2) is 11.1. The molecule has 0 N–H and O–H groups in total. The lowest BCUT2D eigenvalue weighted by atomic mass is 10.1. The lowest BCUT2D eigenvalue weighted by Crippen LogP contribution is -2.28. The van der Waals surface area contributed by atoms with Gasteiger partial charge >= 0.3 is 0 Å². The van der Waals surface area contributed by atoms with E-state index in [1.54, 1.807) is 0 Å². The summed E-state index contributed by atoms with van der Waals surface area (Å²) in [5.41, 5.74) is 7.85. The summed E-state index contributed by atoms with van der Waals surface area (Å²) in [6, 6.07) is 61.1. The van der Waals surface area contributed by atoms with Crippen molar-refractivity contribution in [2.45, 2.75) is 0 Å². The molecule has 8 aromatic carbocycles. The highest BCUT2D eigenvalue weighted by Crippen LogP contribution is 2.61. The Kier molecular flexibility index (Phi) is 6.25. The molecule has 3 aliphatic heterocycles. The maximum atomic E-state index is 15.7. The van der Waals surface area contributed by atoms with Gasteiger partial charge in [0.1, 0.15) is 0 Å². The van der Waals surface area contributed by atoms with Gasteiger partial charge in [0.25, 0.3) is 0 Å². The largest absolute Gasteiger partial charge is 0.453 e. The van der Waals surface area contributed by atoms with Gasteiger partial charge in [0.15, 0.2) is 25.8 Å². The number of anilines is 3. The van der Waals surface area contributed by atoms with E-state index in [1.165, 1.54) is 0 Å². The second-order valence-electron chi connectivity index (χ2n) is 14.3. The van der Waals surface area contributed by atoms with Gasteiger partial charge in [0.2, 0.25) is 0 Å². The average Bonchev–Trinajstić information content (AvgIpc) is 3.82. The van der Waals surface area contributed by atoms with Gasteiger partial charge in [-0.05, 0) is 60.7 Å². The fraction of sp³-hybridized carbons (Fsp3) is 0. The van der Waals surface area contributed by atoms with Crippen molar-refractivity contribution in [3.05, 3.63) is 182 Å². The average molecular weight is 745 g/mol. The fourth-order valence-electron chi connectivity index (χ4n) is 9.23. The highest BCUT2D eigenvalue weighted by Gasteiger charge is 2.51. The van der Waals surface area contributed by atoms with Gasteiger partial charge in [-0.1, -0.05) is 115 Å². The summed E-state index contributed by atoms with van der Waals surface area (Å²) in [6.45, 7) is 0. The van der Waals surface area contributed by atoms with Crippen LogP contribution in [0.5, 0.6) is 11.5 Å². The summed E-state index contributed by atoms with van der Waals surface area (Å²) < 4.78 is 39.8. The summed E-state index contributed by atoms with van der Waals surface area (Å²) in [4.78, 5) is 2.24. The molecular formula is C48H30N2O3P2. The number of nitrogens with zero attached hydrogens (tertiary/aromatic N) is 2. The van der Waals surface area contributed by atoms with Crippen LogP contribution in [0.15, 0.2) is 182 Å². The minimum absolute atomic E-state index is 0.755. The van der Waals surface area contributed by atoms with Gasteiger partial charge in [-0.2, -0.15) is 0 Å². The number of hydrogen-bond acceptors (Lipinski definition) is 4. The summed E-state index contributed by atoms with van der Waals surface area (Å²) in [5.74, 6) is 1.52. The molecule has 1 aromatic heterocycles. The van der Waals surface area contributed by atoms with Crippen LogP contribution >= 0.6 is 14.3 Å². The normalized spacial score (nSPS) is 15.1. The summed E-state index contributed by atoms with van der Waals surface area (Å²) in [5, 5.41) is 6.96. The number of aromatic nitrogens is 1. The van der Waals surface area contributed by atoms with E-state index in [0.29, 0.717) is 0 Å². The molecule has 5 nitrogen and oxygen atoms in total. The SMILES string of the molecule is O=P1(c2ccccc2)c2cccc3c2-c2c1cccc2P3(=O)c1ccc(N2c3ccccc3Oc3cc4c(cc32)c2ccccc2n4-c2ccccc2)cc1. The number of hydrogen-bond donors (Lipinski definition) is 0. The first kappa shape index (κ1) is 31.0. The topological polar surface area (TPSA) is 51.5 Å². The van der Waals surface area contributed by atoms with Crippen LogP contribution in [0.2, 0.25) is 0 Å². The van der Waals surface area contributed by atoms with Crippen LogP contribution < -0.4 is 41.5 Å². The highest BCUT2D eigenvalue weighted by molar-refractivity contribution is 7.89. The highest BCUT2D eigenvalue weighted by atomic mass is 31.2. The van der Waals surface area contributed by atoms with Crippen LogP contribution in [-0.2, 0) is 9.13 Å². The van der Waals surface area contributed by atoms with Crippen LogP contribution in [0.4, 0.5) is 17.1 Å². The van der Waals surface area contributed by atoms with E-state index < -0.39 is 14.3 Å². The van der Waals surface area contributed by atoms with E-state index in [0.717, 1.165) is 99.0 Å². The zero-order valence-electron chi connectivity index (χ0n) is 29.3. The summed E-state index contributed by atoms with van der Waals surface area (Å²) >= 11 is 0. The van der Waals surface area contributed by atoms with Crippen molar-refractivity contribution in [1.82, 2.24) is 4.57 Å². The Bertz CT molecular complexity index is 3130. The molecule has 0 atom stereocenters. The monoisotopic (exact) mass is 744 g/mol. The fourth-order valence-corrected chi connectivity index (χ4v) is 15.6. The third-order valence-corrected chi connectivity index (χ3v) is 17.8. The molecular weight excluding hydrogens is 714 g/mol. The molecule has 0 amide bonds. The molecule has 0 unspecified atom stereocenters. The number of para-hydroxylation sites is 4. The van der Waals surface area contributed by atoms with Crippen LogP contribution in [0.3, 0.4) is 0 Å². The molecule has 4 heterocycles. The van der Waals surface area contributed by atoms with E-state index in [2.05, 4.69) is 88.3 Å². The Morgan fingerprint density at radius 3 is 1.64 bits per heavy atom. The molecule has 55 heavy (non-hydrogen) atoms. The molecule has 12 rings (SSSR count). The van der Waals surface area contributed by atoms with Crippen LogP contribution in [0.25, 0.3) is 38.6 Å². The molecule has 0 fully saturated rings. The summed E-state index contributed by atoms with van der Waals surface area (Å²) in [6.07, 6.45) is 0. The summed E-state index contributed by atoms with van der Waals surface area (Å²) in [7, 11) is -6.40. The van der Waals surface area contributed by atoms with Gasteiger partial charge in [-0.25, -0.2) is 0 Å². The molecule has 0 saturated carbocycles. The number of rotatable bonds is 4. The van der Waals surface area contributed by atoms with Gasteiger partial charge in [-0.15, -0.1) is 0 Å². The standard InChI is InChI=1S/C48H30N2O3P2/c51-54(33-15-5-2-6-16-33)43-21-11-23-45-47(43)48-44(54)22-12-24-46(48)55(45,52)34-27-25-32(26-28-34)50-38-19-9-10-20-41(38)53-42-30-39-36(29-40(42)50)35-17-7-8-18-37(35)49(39)31-13-3-1-4-14-31/h1-30H. The lowest BCUT2D eigenvalue weighted by Gasteiger charge is -2.33. The van der Waals surface area contributed by atoms with Crippen LogP contribution in [0.1, 0.15) is 0 Å². The zero-order valence-corrected chi connectivity index (χ0v) is 31.1. The Balaban J connectivity index is 1.02. The van der Waals surface area contributed by atoms with Crippen molar-refractivity contribution in [2.75, 3.05) is 4.90 Å². The van der Waals surface area contributed by atoms with E-state index in [4.69, 9.17) is 4.74 Å². The van der Waals surface area contributed by atoms with Crippen LogP contribution in [-0.4, -0.2) is 4.57 Å². The number of ether oxygens (including phenoxy) is 1. The van der Waals surface area contributed by atoms with Gasteiger partial charge in [-0.3, -0.25) is 0 Å². The maximum absolute atomic E-state index is 15.7. The number of benzene rings is 8. The molecule has 260 valence electrons. The predicted octanol–water partition coefficient (Wildman–Crippen LogP) is 9.93. The van der Waals surface area contributed by atoms with E-state index in [1.807, 2.05) is 103 Å². The molecule has 0 bridgehead atoms. The Labute approximate surface area is 317 Å². The minimum Gasteiger partial charge on any atom is -0.453 e. The first-order chi connectivity index (χ1) is 27.0. The Morgan fingerprint density at radius 2 is 0.964 bits per heavy atom. The Morgan fingerprint density at radius 1 is 0.400 bits per heavy atom. The molecule has 3 aliphatic rings. The van der Waals surface area contributed by atoms with Crippen LogP contribution in [0, 0.1) is 0 Å². The van der Waals surface area contributed by atoms with E-state index in [9.17, 15) is 0 Å². The van der Waals surface area contributed by atoms with Gasteiger partial charge < -0.3 is 23.3 Å². The van der Waals surface area contributed by atoms with Crippen molar-refractivity contribution in [3.63, 3.8) is 0 Å². The Hall–Kier alpha value is -6.38. The number of fused-ring (bicyclic) bond motifs is 5. The minimum atomic E-state index is -3.28. The molecule has 7 heteroatoms. The van der Waals surface area contributed by atoms with Gasteiger partial charge in [0, 0.05) is 71.2 Å². The third-order valence-electron chi connectivity index (χ3n) is 11.6. The first-order valence-electron chi connectivity index (χ1n) is 18.4. The quantitative estimate of drug-likeness (QED) is 0.169. The van der Waals surface area contributed by atoms with Crippen molar-refractivity contribution in [2.24, 2.45) is 0 Å². The lowest BCUT2D eigenvalue weighted by molar-refractivity contribution is 0.477. The van der Waals surface area contributed by atoms with Crippen molar-refractivity contribution in [1.29, 1.82) is 0 Å². The molecule has 0 aliphatic carbocycles. The first-order valence-corrected chi connectivity index (χ1v) is 21.8.